The summed E-state index contributed by atoms with van der Waals surface area (Å²) in [5.41, 5.74) is 4.57. The molecule has 0 radical (unpaired) electrons. The Labute approximate surface area is 102 Å². The summed E-state index contributed by atoms with van der Waals surface area (Å²) in [4.78, 5) is 10.8. The van der Waals surface area contributed by atoms with E-state index >= 15 is 0 Å². The lowest BCUT2D eigenvalue weighted by Gasteiger charge is -2.04. The lowest BCUT2D eigenvalue weighted by atomic mass is 10.0. The van der Waals surface area contributed by atoms with Gasteiger partial charge in [-0.2, -0.15) is 0 Å². The van der Waals surface area contributed by atoms with Crippen LogP contribution in [0, 0.1) is 3.57 Å². The molecule has 0 fully saturated rings. The maximum atomic E-state index is 10.8. The van der Waals surface area contributed by atoms with Gasteiger partial charge in [0.2, 0.25) is 0 Å². The van der Waals surface area contributed by atoms with Crippen molar-refractivity contribution in [2.75, 3.05) is 0 Å². The van der Waals surface area contributed by atoms with Gasteiger partial charge in [0.1, 0.15) is 0 Å². The lowest BCUT2D eigenvalue weighted by molar-refractivity contribution is -0.135. The van der Waals surface area contributed by atoms with Gasteiger partial charge in [-0.3, -0.25) is 4.79 Å². The van der Waals surface area contributed by atoms with Crippen molar-refractivity contribution in [2.45, 2.75) is 19.8 Å². The maximum Gasteiger partial charge on any atom is 0.307 e. The van der Waals surface area contributed by atoms with Crippen molar-refractivity contribution in [3.63, 3.8) is 0 Å². The van der Waals surface area contributed by atoms with Crippen molar-refractivity contribution in [1.82, 2.24) is 0 Å². The largest absolute Gasteiger partial charge is 0.481 e. The second-order valence-electron chi connectivity index (χ2n) is 3.81. The first kappa shape index (κ1) is 10.7. The molecule has 78 valence electrons. The molecule has 0 heterocycles. The molecule has 1 aliphatic rings. The zero-order valence-electron chi connectivity index (χ0n) is 8.38. The minimum atomic E-state index is -0.754. The number of carboxylic acid groups (broad SMARTS) is 1. The molecule has 3 heteroatoms. The van der Waals surface area contributed by atoms with Gasteiger partial charge in [0.15, 0.2) is 0 Å². The number of hydrogen-bond acceptors (Lipinski definition) is 1. The van der Waals surface area contributed by atoms with Crippen molar-refractivity contribution in [2.24, 2.45) is 0 Å². The Morgan fingerprint density at radius 1 is 1.53 bits per heavy atom. The van der Waals surface area contributed by atoms with E-state index < -0.39 is 5.97 Å². The van der Waals surface area contributed by atoms with Gasteiger partial charge in [-0.15, -0.1) is 0 Å². The van der Waals surface area contributed by atoms with E-state index in [1.54, 1.807) is 0 Å². The fraction of sp³-hybridized carbons (Fsp3) is 0.250. The highest BCUT2D eigenvalue weighted by Gasteiger charge is 2.20. The van der Waals surface area contributed by atoms with Crippen LogP contribution in [0.4, 0.5) is 0 Å². The monoisotopic (exact) mass is 314 g/mol. The van der Waals surface area contributed by atoms with Gasteiger partial charge < -0.3 is 5.11 Å². The smallest absolute Gasteiger partial charge is 0.307 e. The average molecular weight is 314 g/mol. The number of benzene rings is 1. The molecule has 0 spiro atoms. The van der Waals surface area contributed by atoms with E-state index in [-0.39, 0.29) is 6.42 Å². The van der Waals surface area contributed by atoms with Gasteiger partial charge in [0.05, 0.1) is 6.42 Å². The van der Waals surface area contributed by atoms with Crippen LogP contribution in [0.3, 0.4) is 0 Å². The van der Waals surface area contributed by atoms with Crippen molar-refractivity contribution in [3.05, 3.63) is 38.5 Å². The van der Waals surface area contributed by atoms with E-state index in [9.17, 15) is 4.79 Å². The third-order valence-electron chi connectivity index (χ3n) is 2.70. The molecule has 0 saturated heterocycles. The molecule has 15 heavy (non-hydrogen) atoms. The minimum Gasteiger partial charge on any atom is -0.481 e. The molecule has 0 aliphatic heterocycles. The minimum absolute atomic E-state index is 0.138. The van der Waals surface area contributed by atoms with Crippen molar-refractivity contribution in [3.8, 4) is 0 Å². The van der Waals surface area contributed by atoms with Crippen LogP contribution < -0.4 is 0 Å². The summed E-state index contributed by atoms with van der Waals surface area (Å²) < 4.78 is 1.16. The molecule has 2 rings (SSSR count). The topological polar surface area (TPSA) is 37.3 Å². The van der Waals surface area contributed by atoms with E-state index in [1.165, 1.54) is 11.1 Å². The summed E-state index contributed by atoms with van der Waals surface area (Å²) in [7, 11) is 0. The second kappa shape index (κ2) is 3.96. The molecule has 2 nitrogen and oxygen atoms in total. The quantitative estimate of drug-likeness (QED) is 0.852. The third-order valence-corrected chi connectivity index (χ3v) is 3.37. The molecular weight excluding hydrogens is 303 g/mol. The van der Waals surface area contributed by atoms with Crippen LogP contribution >= 0.6 is 22.6 Å². The number of carboxylic acids is 1. The number of hydrogen-bond donors (Lipinski definition) is 1. The van der Waals surface area contributed by atoms with Crippen LogP contribution in [-0.4, -0.2) is 11.1 Å². The molecule has 1 N–H and O–H groups in total. The number of carbonyl (C=O) groups is 1. The fourth-order valence-corrected chi connectivity index (χ4v) is 2.49. The Kier molecular flexibility index (Phi) is 2.82. The Balaban J connectivity index is 2.45. The van der Waals surface area contributed by atoms with E-state index in [0.717, 1.165) is 21.1 Å². The van der Waals surface area contributed by atoms with E-state index in [4.69, 9.17) is 5.11 Å². The predicted octanol–water partition coefficient (Wildman–Crippen LogP) is 3.10. The molecule has 0 atom stereocenters. The van der Waals surface area contributed by atoms with Gasteiger partial charge in [0, 0.05) is 3.57 Å². The van der Waals surface area contributed by atoms with Crippen LogP contribution in [0.25, 0.3) is 5.57 Å². The van der Waals surface area contributed by atoms with Gasteiger partial charge in [-0.25, -0.2) is 0 Å². The number of halogens is 1. The zero-order chi connectivity index (χ0) is 11.0. The van der Waals surface area contributed by atoms with Gasteiger partial charge in [-0.05, 0) is 64.8 Å². The molecule has 0 amide bonds. The Morgan fingerprint density at radius 2 is 2.27 bits per heavy atom. The fourth-order valence-electron chi connectivity index (χ4n) is 2.00. The first-order chi connectivity index (χ1) is 7.08. The summed E-state index contributed by atoms with van der Waals surface area (Å²) in [6, 6.07) is 6.23. The number of allylic oxidation sites excluding steroid dienone is 1. The van der Waals surface area contributed by atoms with E-state index in [1.807, 2.05) is 6.92 Å². The Bertz CT molecular complexity index is 461. The van der Waals surface area contributed by atoms with Crippen molar-refractivity contribution >= 4 is 34.1 Å². The maximum absolute atomic E-state index is 10.8. The van der Waals surface area contributed by atoms with Crippen LogP contribution in [0.5, 0.6) is 0 Å². The van der Waals surface area contributed by atoms with Gasteiger partial charge in [-0.1, -0.05) is 11.6 Å². The number of rotatable bonds is 2. The van der Waals surface area contributed by atoms with Gasteiger partial charge in [0.25, 0.3) is 0 Å². The highest BCUT2D eigenvalue weighted by Crippen LogP contribution is 2.35. The zero-order valence-corrected chi connectivity index (χ0v) is 10.5. The van der Waals surface area contributed by atoms with Crippen molar-refractivity contribution < 1.29 is 9.90 Å². The molecule has 0 bridgehead atoms. The summed E-state index contributed by atoms with van der Waals surface area (Å²) in [5, 5.41) is 8.85. The van der Waals surface area contributed by atoms with Crippen molar-refractivity contribution in [1.29, 1.82) is 0 Å². The first-order valence-electron chi connectivity index (χ1n) is 4.77. The Hall–Kier alpha value is -0.840. The molecular formula is C12H11IO2. The normalized spacial score (nSPS) is 14.3. The molecule has 1 aliphatic carbocycles. The first-order valence-corrected chi connectivity index (χ1v) is 5.85. The number of aliphatic carboxylic acids is 1. The highest BCUT2D eigenvalue weighted by molar-refractivity contribution is 14.1. The highest BCUT2D eigenvalue weighted by atomic mass is 127. The third kappa shape index (κ3) is 2.07. The standard InChI is InChI=1S/C12H11IO2/c1-7-4-8-2-3-9(13)5-11(8)10(7)6-12(14)15/h2-3,5H,4,6H2,1H3,(H,14,15). The number of fused-ring (bicyclic) bond motifs is 1. The molecule has 0 aromatic heterocycles. The Morgan fingerprint density at radius 3 is 2.93 bits per heavy atom. The molecule has 1 aromatic carbocycles. The molecule has 0 saturated carbocycles. The van der Waals surface area contributed by atoms with E-state index in [0.29, 0.717) is 0 Å². The van der Waals surface area contributed by atoms with Crippen LogP contribution in [0.1, 0.15) is 24.5 Å². The molecule has 1 aromatic rings. The summed E-state index contributed by atoms with van der Waals surface area (Å²) >= 11 is 2.25. The summed E-state index contributed by atoms with van der Waals surface area (Å²) in [6.45, 7) is 2.02. The summed E-state index contributed by atoms with van der Waals surface area (Å²) in [5.74, 6) is -0.754. The molecule has 0 unspecified atom stereocenters. The summed E-state index contributed by atoms with van der Waals surface area (Å²) in [6.07, 6.45) is 1.04. The SMILES string of the molecule is CC1=C(CC(=O)O)c2cc(I)ccc2C1. The predicted molar refractivity (Wildman–Crippen MR) is 67.7 cm³/mol. The van der Waals surface area contributed by atoms with E-state index in [2.05, 4.69) is 40.8 Å². The second-order valence-corrected chi connectivity index (χ2v) is 5.05. The van der Waals surface area contributed by atoms with Crippen LogP contribution in [0.2, 0.25) is 0 Å². The average Bonchev–Trinajstić information content (AvgIpc) is 2.43. The van der Waals surface area contributed by atoms with Crippen LogP contribution in [-0.2, 0) is 11.2 Å². The van der Waals surface area contributed by atoms with Crippen LogP contribution in [0.15, 0.2) is 23.8 Å². The lowest BCUT2D eigenvalue weighted by Crippen LogP contribution is -1.97. The van der Waals surface area contributed by atoms with Gasteiger partial charge >= 0.3 is 5.97 Å².